The third-order valence-electron chi connectivity index (χ3n) is 3.30. The van der Waals surface area contributed by atoms with Crippen molar-refractivity contribution >= 4 is 0 Å². The molecule has 0 saturated heterocycles. The molecule has 2 bridgehead atoms. The largest absolute Gasteiger partial charge is 0.388 e. The fourth-order valence-electron chi connectivity index (χ4n) is 2.66. The van der Waals surface area contributed by atoms with Crippen molar-refractivity contribution in [1.29, 1.82) is 0 Å². The molecule has 10 heavy (non-hydrogen) atoms. The summed E-state index contributed by atoms with van der Waals surface area (Å²) < 4.78 is 0. The van der Waals surface area contributed by atoms with Gasteiger partial charge in [0.15, 0.2) is 0 Å². The summed E-state index contributed by atoms with van der Waals surface area (Å²) in [7, 11) is 0. The average molecular weight is 141 g/mol. The van der Waals surface area contributed by atoms with Crippen LogP contribution in [0.1, 0.15) is 25.7 Å². The van der Waals surface area contributed by atoms with Gasteiger partial charge in [0.1, 0.15) is 0 Å². The molecule has 0 heterocycles. The van der Waals surface area contributed by atoms with Crippen LogP contribution in [0.15, 0.2) is 0 Å². The third-order valence-corrected chi connectivity index (χ3v) is 3.30. The number of hydrogen-bond donors (Lipinski definition) is 2. The smallest absolute Gasteiger partial charge is 0.0800 e. The number of fused-ring (bicyclic) bond motifs is 2. The van der Waals surface area contributed by atoms with Crippen molar-refractivity contribution in [1.82, 2.24) is 0 Å². The molecule has 2 heteroatoms. The molecular weight excluding hydrogens is 126 g/mol. The summed E-state index contributed by atoms with van der Waals surface area (Å²) in [6, 6.07) is 0. The molecule has 3 atom stereocenters. The maximum absolute atomic E-state index is 9.87. The van der Waals surface area contributed by atoms with Gasteiger partial charge in [-0.1, -0.05) is 0 Å². The van der Waals surface area contributed by atoms with E-state index in [0.717, 1.165) is 12.3 Å². The maximum atomic E-state index is 9.87. The standard InChI is InChI=1S/C8H15NO/c9-5-8(10)4-6-1-2-7(8)3-6/h6-7,10H,1-5,9H2/t6-,7+,8-/m1/s1. The number of aliphatic hydroxyl groups is 1. The molecule has 2 rings (SSSR count). The van der Waals surface area contributed by atoms with Crippen molar-refractivity contribution in [2.24, 2.45) is 17.6 Å². The number of nitrogens with two attached hydrogens (primary N) is 1. The van der Waals surface area contributed by atoms with Crippen LogP contribution in [0, 0.1) is 11.8 Å². The summed E-state index contributed by atoms with van der Waals surface area (Å²) in [5, 5.41) is 9.87. The molecule has 2 fully saturated rings. The molecular formula is C8H15NO. The zero-order chi connectivity index (χ0) is 7.19. The predicted octanol–water partition coefficient (Wildman–Crippen LogP) is 0.496. The van der Waals surface area contributed by atoms with Crippen LogP contribution in [-0.2, 0) is 0 Å². The minimum Gasteiger partial charge on any atom is -0.388 e. The van der Waals surface area contributed by atoms with E-state index in [4.69, 9.17) is 5.73 Å². The van der Waals surface area contributed by atoms with Crippen LogP contribution in [-0.4, -0.2) is 17.3 Å². The molecule has 0 spiro atoms. The van der Waals surface area contributed by atoms with Crippen LogP contribution in [0.25, 0.3) is 0 Å². The van der Waals surface area contributed by atoms with Gasteiger partial charge in [-0.15, -0.1) is 0 Å². The van der Waals surface area contributed by atoms with Crippen LogP contribution in [0.5, 0.6) is 0 Å². The Bertz CT molecular complexity index is 148. The summed E-state index contributed by atoms with van der Waals surface area (Å²) in [6.07, 6.45) is 4.73. The molecule has 58 valence electrons. The van der Waals surface area contributed by atoms with Gasteiger partial charge in [0.05, 0.1) is 5.60 Å². The second-order valence-corrected chi connectivity index (χ2v) is 3.89. The first-order valence-electron chi connectivity index (χ1n) is 4.17. The van der Waals surface area contributed by atoms with Gasteiger partial charge < -0.3 is 10.8 Å². The molecule has 0 aromatic heterocycles. The second kappa shape index (κ2) is 1.95. The van der Waals surface area contributed by atoms with Crippen molar-refractivity contribution in [3.63, 3.8) is 0 Å². The van der Waals surface area contributed by atoms with Crippen LogP contribution in [0.4, 0.5) is 0 Å². The highest BCUT2D eigenvalue weighted by molar-refractivity contribution is 5.01. The molecule has 0 unspecified atom stereocenters. The second-order valence-electron chi connectivity index (χ2n) is 3.89. The van der Waals surface area contributed by atoms with Crippen LogP contribution in [0.3, 0.4) is 0 Å². The number of hydrogen-bond acceptors (Lipinski definition) is 2. The van der Waals surface area contributed by atoms with Crippen LogP contribution in [0.2, 0.25) is 0 Å². The molecule has 0 amide bonds. The molecule has 2 aliphatic rings. The first kappa shape index (κ1) is 6.62. The highest BCUT2D eigenvalue weighted by Crippen LogP contribution is 2.50. The van der Waals surface area contributed by atoms with Crippen LogP contribution >= 0.6 is 0 Å². The third kappa shape index (κ3) is 0.722. The van der Waals surface area contributed by atoms with E-state index in [9.17, 15) is 5.11 Å². The zero-order valence-corrected chi connectivity index (χ0v) is 6.21. The molecule has 0 aromatic carbocycles. The fourth-order valence-corrected chi connectivity index (χ4v) is 2.66. The van der Waals surface area contributed by atoms with Gasteiger partial charge in [0.25, 0.3) is 0 Å². The first-order chi connectivity index (χ1) is 4.74. The Morgan fingerprint density at radius 2 is 2.30 bits per heavy atom. The quantitative estimate of drug-likeness (QED) is 0.558. The molecule has 3 N–H and O–H groups in total. The Morgan fingerprint density at radius 3 is 2.60 bits per heavy atom. The minimum atomic E-state index is -0.469. The van der Waals surface area contributed by atoms with E-state index >= 15 is 0 Å². The van der Waals surface area contributed by atoms with Crippen molar-refractivity contribution < 1.29 is 5.11 Å². The van der Waals surface area contributed by atoms with Gasteiger partial charge in [0, 0.05) is 6.54 Å². The SMILES string of the molecule is NC[C@]1(O)C[C@@H]2CC[C@H]1C2. The molecule has 0 aromatic rings. The lowest BCUT2D eigenvalue weighted by atomic mass is 9.84. The molecule has 2 nitrogen and oxygen atoms in total. The highest BCUT2D eigenvalue weighted by Gasteiger charge is 2.48. The normalized spacial score (nSPS) is 52.2. The van der Waals surface area contributed by atoms with Gasteiger partial charge in [0.2, 0.25) is 0 Å². The average Bonchev–Trinajstić information content (AvgIpc) is 2.46. The van der Waals surface area contributed by atoms with E-state index in [1.54, 1.807) is 0 Å². The van der Waals surface area contributed by atoms with E-state index in [1.807, 2.05) is 0 Å². The lowest BCUT2D eigenvalue weighted by molar-refractivity contribution is -0.00419. The van der Waals surface area contributed by atoms with Gasteiger partial charge in [-0.05, 0) is 37.5 Å². The van der Waals surface area contributed by atoms with Crippen molar-refractivity contribution in [2.75, 3.05) is 6.54 Å². The molecule has 2 aliphatic carbocycles. The summed E-state index contributed by atoms with van der Waals surface area (Å²) >= 11 is 0. The van der Waals surface area contributed by atoms with E-state index < -0.39 is 5.60 Å². The van der Waals surface area contributed by atoms with Crippen LogP contribution < -0.4 is 5.73 Å². The van der Waals surface area contributed by atoms with Gasteiger partial charge in [-0.3, -0.25) is 0 Å². The topological polar surface area (TPSA) is 46.2 Å². The monoisotopic (exact) mass is 141 g/mol. The van der Waals surface area contributed by atoms with Crippen molar-refractivity contribution in [3.05, 3.63) is 0 Å². The molecule has 2 saturated carbocycles. The predicted molar refractivity (Wildman–Crippen MR) is 39.5 cm³/mol. The Kier molecular flexibility index (Phi) is 1.29. The highest BCUT2D eigenvalue weighted by atomic mass is 16.3. The van der Waals surface area contributed by atoms with Gasteiger partial charge in [-0.25, -0.2) is 0 Å². The summed E-state index contributed by atoms with van der Waals surface area (Å²) in [5.74, 6) is 1.32. The maximum Gasteiger partial charge on any atom is 0.0800 e. The molecule has 0 aliphatic heterocycles. The lowest BCUT2D eigenvalue weighted by Gasteiger charge is -2.30. The van der Waals surface area contributed by atoms with Crippen molar-refractivity contribution in [3.8, 4) is 0 Å². The Hall–Kier alpha value is -0.0800. The Balaban J connectivity index is 2.14. The van der Waals surface area contributed by atoms with E-state index in [1.165, 1.54) is 19.3 Å². The van der Waals surface area contributed by atoms with E-state index in [0.29, 0.717) is 12.5 Å². The summed E-state index contributed by atoms with van der Waals surface area (Å²) in [5.41, 5.74) is 5.04. The number of rotatable bonds is 1. The van der Waals surface area contributed by atoms with E-state index in [-0.39, 0.29) is 0 Å². The van der Waals surface area contributed by atoms with E-state index in [2.05, 4.69) is 0 Å². The fraction of sp³-hybridized carbons (Fsp3) is 1.00. The Morgan fingerprint density at radius 1 is 1.50 bits per heavy atom. The first-order valence-corrected chi connectivity index (χ1v) is 4.17. The van der Waals surface area contributed by atoms with Gasteiger partial charge in [-0.2, -0.15) is 0 Å². The van der Waals surface area contributed by atoms with Crippen molar-refractivity contribution in [2.45, 2.75) is 31.3 Å². The lowest BCUT2D eigenvalue weighted by Crippen LogP contribution is -2.42. The molecule has 0 radical (unpaired) electrons. The Labute approximate surface area is 61.4 Å². The van der Waals surface area contributed by atoms with Gasteiger partial charge >= 0.3 is 0 Å². The zero-order valence-electron chi connectivity index (χ0n) is 6.21. The summed E-state index contributed by atoms with van der Waals surface area (Å²) in [6.45, 7) is 0.466. The minimum absolute atomic E-state index is 0.466. The summed E-state index contributed by atoms with van der Waals surface area (Å²) in [4.78, 5) is 0.